The molecule has 1 aromatic carbocycles. The Morgan fingerprint density at radius 3 is 3.00 bits per heavy atom. The van der Waals surface area contributed by atoms with Crippen LogP contribution in [-0.2, 0) is 4.74 Å². The van der Waals surface area contributed by atoms with E-state index in [1.165, 1.54) is 13.4 Å². The minimum Gasteiger partial charge on any atom is -0.464 e. The second-order valence-electron chi connectivity index (χ2n) is 3.04. The average Bonchev–Trinajstić information content (AvgIpc) is 2.77. The number of halogens is 1. The topological polar surface area (TPSA) is 52.3 Å². The van der Waals surface area contributed by atoms with E-state index in [0.29, 0.717) is 16.5 Å². The maximum atomic E-state index is 11.2. The Hall–Kier alpha value is -1.81. The summed E-state index contributed by atoms with van der Waals surface area (Å²) in [6.07, 6.45) is 1.25. The van der Waals surface area contributed by atoms with Gasteiger partial charge in [0.25, 0.3) is 0 Å². The number of oxazole rings is 1. The van der Waals surface area contributed by atoms with E-state index in [1.807, 2.05) is 0 Å². The number of carbonyl (C=O) groups is 1. The van der Waals surface area contributed by atoms with Crippen molar-refractivity contribution in [2.45, 2.75) is 0 Å². The zero-order chi connectivity index (χ0) is 11.5. The highest BCUT2D eigenvalue weighted by Gasteiger charge is 2.13. The van der Waals surface area contributed by atoms with Crippen molar-refractivity contribution in [1.82, 2.24) is 4.98 Å². The highest BCUT2D eigenvalue weighted by Crippen LogP contribution is 2.22. The molecule has 0 amide bonds. The summed E-state index contributed by atoms with van der Waals surface area (Å²) in [5, 5.41) is 0.579. The molecule has 0 aliphatic carbocycles. The summed E-state index contributed by atoms with van der Waals surface area (Å²) in [4.78, 5) is 15.1. The average molecular weight is 238 g/mol. The summed E-state index contributed by atoms with van der Waals surface area (Å²) >= 11 is 5.83. The number of carbonyl (C=O) groups excluding carboxylic acids is 1. The summed E-state index contributed by atoms with van der Waals surface area (Å²) in [6.45, 7) is 0. The SMILES string of the molecule is COC(=O)c1coc(-c2cccc(Cl)c2)n1. The standard InChI is InChI=1S/C11H8ClNO3/c1-15-11(14)9-6-16-10(13-9)7-3-2-4-8(12)5-7/h2-6H,1H3. The number of benzene rings is 1. The molecule has 0 aliphatic rings. The predicted octanol–water partition coefficient (Wildman–Crippen LogP) is 2.78. The largest absolute Gasteiger partial charge is 0.464 e. The zero-order valence-electron chi connectivity index (χ0n) is 8.44. The van der Waals surface area contributed by atoms with Gasteiger partial charge in [-0.25, -0.2) is 9.78 Å². The molecule has 16 heavy (non-hydrogen) atoms. The molecule has 0 saturated carbocycles. The number of rotatable bonds is 2. The summed E-state index contributed by atoms with van der Waals surface area (Å²) < 4.78 is 9.68. The van der Waals surface area contributed by atoms with E-state index in [2.05, 4.69) is 9.72 Å². The van der Waals surface area contributed by atoms with Gasteiger partial charge >= 0.3 is 5.97 Å². The Morgan fingerprint density at radius 1 is 1.50 bits per heavy atom. The Bertz CT molecular complexity index is 521. The van der Waals surface area contributed by atoms with Gasteiger partial charge in [0.15, 0.2) is 5.69 Å². The highest BCUT2D eigenvalue weighted by atomic mass is 35.5. The van der Waals surface area contributed by atoms with Crippen molar-refractivity contribution in [3.63, 3.8) is 0 Å². The van der Waals surface area contributed by atoms with Crippen LogP contribution in [0.3, 0.4) is 0 Å². The van der Waals surface area contributed by atoms with Crippen LogP contribution >= 0.6 is 11.6 Å². The first-order valence-electron chi connectivity index (χ1n) is 4.50. The van der Waals surface area contributed by atoms with Crippen molar-refractivity contribution in [3.8, 4) is 11.5 Å². The maximum absolute atomic E-state index is 11.2. The number of ether oxygens (including phenoxy) is 1. The normalized spacial score (nSPS) is 10.1. The second-order valence-corrected chi connectivity index (χ2v) is 3.48. The third-order valence-corrected chi connectivity index (χ3v) is 2.21. The Kier molecular flexibility index (Phi) is 2.92. The fourth-order valence-corrected chi connectivity index (χ4v) is 1.42. The van der Waals surface area contributed by atoms with Gasteiger partial charge in [-0.2, -0.15) is 0 Å². The molecule has 2 aromatic rings. The lowest BCUT2D eigenvalue weighted by Crippen LogP contribution is -2.00. The lowest BCUT2D eigenvalue weighted by Gasteiger charge is -1.95. The lowest BCUT2D eigenvalue weighted by atomic mass is 10.2. The van der Waals surface area contributed by atoms with E-state index in [4.69, 9.17) is 16.0 Å². The smallest absolute Gasteiger partial charge is 0.360 e. The van der Waals surface area contributed by atoms with Crippen LogP contribution in [0, 0.1) is 0 Å². The molecular formula is C11H8ClNO3. The molecule has 0 fully saturated rings. The van der Waals surface area contributed by atoms with Crippen molar-refractivity contribution in [3.05, 3.63) is 41.2 Å². The van der Waals surface area contributed by atoms with Gasteiger partial charge < -0.3 is 9.15 Å². The van der Waals surface area contributed by atoms with Gasteiger partial charge in [0.1, 0.15) is 6.26 Å². The van der Waals surface area contributed by atoms with E-state index in [9.17, 15) is 4.79 Å². The van der Waals surface area contributed by atoms with Crippen molar-refractivity contribution < 1.29 is 13.9 Å². The van der Waals surface area contributed by atoms with E-state index >= 15 is 0 Å². The molecule has 1 aromatic heterocycles. The Morgan fingerprint density at radius 2 is 2.31 bits per heavy atom. The van der Waals surface area contributed by atoms with Crippen molar-refractivity contribution >= 4 is 17.6 Å². The third kappa shape index (κ3) is 2.06. The molecule has 0 unspecified atom stereocenters. The molecule has 0 spiro atoms. The predicted molar refractivity (Wildman–Crippen MR) is 58.3 cm³/mol. The van der Waals surface area contributed by atoms with Gasteiger partial charge in [0.2, 0.25) is 5.89 Å². The van der Waals surface area contributed by atoms with Gasteiger partial charge in [0, 0.05) is 10.6 Å². The van der Waals surface area contributed by atoms with Crippen LogP contribution in [0.5, 0.6) is 0 Å². The van der Waals surface area contributed by atoms with Gasteiger partial charge in [0.05, 0.1) is 7.11 Å². The molecule has 4 nitrogen and oxygen atoms in total. The van der Waals surface area contributed by atoms with Gasteiger partial charge in [-0.05, 0) is 18.2 Å². The molecule has 0 radical (unpaired) electrons. The number of methoxy groups -OCH3 is 1. The third-order valence-electron chi connectivity index (χ3n) is 1.97. The number of esters is 1. The Labute approximate surface area is 96.8 Å². The van der Waals surface area contributed by atoms with Crippen molar-refractivity contribution in [1.29, 1.82) is 0 Å². The minimum atomic E-state index is -0.531. The molecule has 1 heterocycles. The summed E-state index contributed by atoms with van der Waals surface area (Å²) in [5.74, 6) is -0.195. The molecular weight excluding hydrogens is 230 g/mol. The minimum absolute atomic E-state index is 0.137. The Balaban J connectivity index is 2.35. The van der Waals surface area contributed by atoms with E-state index in [1.54, 1.807) is 24.3 Å². The number of hydrogen-bond donors (Lipinski definition) is 0. The first kappa shape index (κ1) is 10.7. The molecule has 2 rings (SSSR count). The maximum Gasteiger partial charge on any atom is 0.360 e. The first-order chi connectivity index (χ1) is 7.70. The molecule has 82 valence electrons. The molecule has 0 saturated heterocycles. The summed E-state index contributed by atoms with van der Waals surface area (Å²) in [7, 11) is 1.29. The van der Waals surface area contributed by atoms with Crippen molar-refractivity contribution in [2.24, 2.45) is 0 Å². The van der Waals surface area contributed by atoms with E-state index in [0.717, 1.165) is 0 Å². The van der Waals surface area contributed by atoms with Crippen LogP contribution in [0.2, 0.25) is 5.02 Å². The summed E-state index contributed by atoms with van der Waals surface area (Å²) in [5.41, 5.74) is 0.847. The summed E-state index contributed by atoms with van der Waals surface area (Å²) in [6, 6.07) is 7.02. The first-order valence-corrected chi connectivity index (χ1v) is 4.88. The van der Waals surface area contributed by atoms with Crippen LogP contribution in [0.25, 0.3) is 11.5 Å². The van der Waals surface area contributed by atoms with Crippen LogP contribution in [0.15, 0.2) is 34.9 Å². The van der Waals surface area contributed by atoms with Gasteiger partial charge in [-0.1, -0.05) is 17.7 Å². The molecule has 0 bridgehead atoms. The van der Waals surface area contributed by atoms with Gasteiger partial charge in [-0.3, -0.25) is 0 Å². The van der Waals surface area contributed by atoms with Crippen LogP contribution in [0.1, 0.15) is 10.5 Å². The fraction of sp³-hybridized carbons (Fsp3) is 0.0909. The van der Waals surface area contributed by atoms with Crippen LogP contribution in [0.4, 0.5) is 0 Å². The molecule has 0 aliphatic heterocycles. The van der Waals surface area contributed by atoms with Crippen LogP contribution in [-0.4, -0.2) is 18.1 Å². The number of aromatic nitrogens is 1. The van der Waals surface area contributed by atoms with E-state index < -0.39 is 5.97 Å². The number of nitrogens with zero attached hydrogens (tertiary/aromatic N) is 1. The van der Waals surface area contributed by atoms with Crippen molar-refractivity contribution in [2.75, 3.05) is 7.11 Å². The quantitative estimate of drug-likeness (QED) is 0.754. The zero-order valence-corrected chi connectivity index (χ0v) is 9.19. The molecule has 5 heteroatoms. The monoisotopic (exact) mass is 237 g/mol. The highest BCUT2D eigenvalue weighted by molar-refractivity contribution is 6.30. The van der Waals surface area contributed by atoms with Crippen LogP contribution < -0.4 is 0 Å². The fourth-order valence-electron chi connectivity index (χ4n) is 1.23. The van der Waals surface area contributed by atoms with E-state index in [-0.39, 0.29) is 5.69 Å². The lowest BCUT2D eigenvalue weighted by molar-refractivity contribution is 0.0594. The van der Waals surface area contributed by atoms with Gasteiger partial charge in [-0.15, -0.1) is 0 Å². The molecule has 0 N–H and O–H groups in total. The number of hydrogen-bond acceptors (Lipinski definition) is 4. The second kappa shape index (κ2) is 4.37. The molecule has 0 atom stereocenters.